The summed E-state index contributed by atoms with van der Waals surface area (Å²) in [4.78, 5) is 22.2. The molecule has 0 saturated carbocycles. The Hall–Kier alpha value is -1.84. The lowest BCUT2D eigenvalue weighted by molar-refractivity contribution is -0.139. The standard InChI is InChI=1S/C14H19NO3/c1-9(2)11-4-6-12(7-5-11)15-14(18)10(3)8-13(16)17/h4-7,9-10H,8H2,1-3H3,(H,15,18)(H,16,17). The maximum absolute atomic E-state index is 11.7. The molecule has 4 nitrogen and oxygen atoms in total. The molecule has 98 valence electrons. The van der Waals surface area contributed by atoms with Crippen LogP contribution in [-0.4, -0.2) is 17.0 Å². The number of carboxylic acids is 1. The molecule has 0 aromatic heterocycles. The highest BCUT2D eigenvalue weighted by Gasteiger charge is 2.16. The van der Waals surface area contributed by atoms with Gasteiger partial charge in [-0.1, -0.05) is 32.9 Å². The van der Waals surface area contributed by atoms with Crippen molar-refractivity contribution in [1.29, 1.82) is 0 Å². The third kappa shape index (κ3) is 4.20. The highest BCUT2D eigenvalue weighted by atomic mass is 16.4. The van der Waals surface area contributed by atoms with Gasteiger partial charge in [0.15, 0.2) is 0 Å². The molecule has 4 heteroatoms. The van der Waals surface area contributed by atoms with E-state index in [-0.39, 0.29) is 12.3 Å². The van der Waals surface area contributed by atoms with Crippen LogP contribution in [-0.2, 0) is 9.59 Å². The van der Waals surface area contributed by atoms with Crippen LogP contribution in [0.3, 0.4) is 0 Å². The Balaban J connectivity index is 2.62. The molecule has 1 atom stereocenters. The SMILES string of the molecule is CC(CC(=O)O)C(=O)Nc1ccc(C(C)C)cc1. The number of anilines is 1. The van der Waals surface area contributed by atoms with Crippen LogP contribution in [0.1, 0.15) is 38.7 Å². The Morgan fingerprint density at radius 3 is 2.17 bits per heavy atom. The first-order chi connectivity index (χ1) is 8.40. The van der Waals surface area contributed by atoms with Gasteiger partial charge < -0.3 is 10.4 Å². The Morgan fingerprint density at radius 1 is 1.17 bits per heavy atom. The van der Waals surface area contributed by atoms with E-state index in [9.17, 15) is 9.59 Å². The molecule has 0 spiro atoms. The maximum atomic E-state index is 11.7. The van der Waals surface area contributed by atoms with Gasteiger partial charge in [-0.25, -0.2) is 0 Å². The van der Waals surface area contributed by atoms with E-state index in [2.05, 4.69) is 19.2 Å². The topological polar surface area (TPSA) is 66.4 Å². The molecule has 2 N–H and O–H groups in total. The monoisotopic (exact) mass is 249 g/mol. The Labute approximate surface area is 107 Å². The largest absolute Gasteiger partial charge is 0.481 e. The smallest absolute Gasteiger partial charge is 0.304 e. The average molecular weight is 249 g/mol. The third-order valence-corrected chi connectivity index (χ3v) is 2.77. The highest BCUT2D eigenvalue weighted by molar-refractivity contribution is 5.94. The molecule has 0 heterocycles. The lowest BCUT2D eigenvalue weighted by atomic mass is 10.0. The molecule has 1 aromatic carbocycles. The van der Waals surface area contributed by atoms with Crippen LogP contribution in [0.25, 0.3) is 0 Å². The van der Waals surface area contributed by atoms with E-state index < -0.39 is 11.9 Å². The first-order valence-corrected chi connectivity index (χ1v) is 6.02. The predicted molar refractivity (Wildman–Crippen MR) is 70.6 cm³/mol. The zero-order valence-corrected chi connectivity index (χ0v) is 10.9. The van der Waals surface area contributed by atoms with Gasteiger partial charge in [-0.3, -0.25) is 9.59 Å². The van der Waals surface area contributed by atoms with Gasteiger partial charge in [0, 0.05) is 11.6 Å². The van der Waals surface area contributed by atoms with E-state index in [1.165, 1.54) is 5.56 Å². The second-order valence-electron chi connectivity index (χ2n) is 4.76. The lowest BCUT2D eigenvalue weighted by Crippen LogP contribution is -2.22. The average Bonchev–Trinajstić information content (AvgIpc) is 2.28. The molecular formula is C14H19NO3. The number of nitrogens with one attached hydrogen (secondary N) is 1. The first-order valence-electron chi connectivity index (χ1n) is 6.02. The summed E-state index contributed by atoms with van der Waals surface area (Å²) in [5.41, 5.74) is 1.90. The van der Waals surface area contributed by atoms with Gasteiger partial charge in [0.05, 0.1) is 6.42 Å². The number of carbonyl (C=O) groups excluding carboxylic acids is 1. The summed E-state index contributed by atoms with van der Waals surface area (Å²) in [6, 6.07) is 7.59. The lowest BCUT2D eigenvalue weighted by Gasteiger charge is -2.11. The fourth-order valence-corrected chi connectivity index (χ4v) is 1.57. The van der Waals surface area contributed by atoms with Crippen molar-refractivity contribution in [3.05, 3.63) is 29.8 Å². The minimum absolute atomic E-state index is 0.157. The van der Waals surface area contributed by atoms with E-state index in [0.717, 1.165) is 0 Å². The van der Waals surface area contributed by atoms with Gasteiger partial charge in [-0.2, -0.15) is 0 Å². The van der Waals surface area contributed by atoms with Gasteiger partial charge in [0.1, 0.15) is 0 Å². The summed E-state index contributed by atoms with van der Waals surface area (Å²) < 4.78 is 0. The van der Waals surface area contributed by atoms with E-state index in [0.29, 0.717) is 11.6 Å². The van der Waals surface area contributed by atoms with Crippen molar-refractivity contribution < 1.29 is 14.7 Å². The molecule has 0 saturated heterocycles. The van der Waals surface area contributed by atoms with Crippen LogP contribution in [0, 0.1) is 5.92 Å². The van der Waals surface area contributed by atoms with Crippen molar-refractivity contribution in [2.75, 3.05) is 5.32 Å². The Bertz CT molecular complexity index is 423. The van der Waals surface area contributed by atoms with Gasteiger partial charge >= 0.3 is 5.97 Å². The molecule has 0 aliphatic carbocycles. The van der Waals surface area contributed by atoms with Crippen molar-refractivity contribution in [1.82, 2.24) is 0 Å². The summed E-state index contributed by atoms with van der Waals surface area (Å²) in [7, 11) is 0. The molecule has 0 bridgehead atoms. The fourth-order valence-electron chi connectivity index (χ4n) is 1.57. The molecule has 0 fully saturated rings. The number of carbonyl (C=O) groups is 2. The minimum atomic E-state index is -0.965. The van der Waals surface area contributed by atoms with E-state index in [1.54, 1.807) is 6.92 Å². The van der Waals surface area contributed by atoms with Crippen molar-refractivity contribution in [2.24, 2.45) is 5.92 Å². The van der Waals surface area contributed by atoms with Crippen molar-refractivity contribution in [3.8, 4) is 0 Å². The second kappa shape index (κ2) is 6.19. The molecule has 1 aromatic rings. The predicted octanol–water partition coefficient (Wildman–Crippen LogP) is 2.86. The summed E-state index contributed by atoms with van der Waals surface area (Å²) in [5.74, 6) is -1.32. The number of benzene rings is 1. The van der Waals surface area contributed by atoms with E-state index >= 15 is 0 Å². The van der Waals surface area contributed by atoms with Crippen LogP contribution in [0.5, 0.6) is 0 Å². The zero-order valence-electron chi connectivity index (χ0n) is 10.9. The summed E-state index contributed by atoms with van der Waals surface area (Å²) in [6.07, 6.45) is -0.157. The number of hydrogen-bond donors (Lipinski definition) is 2. The van der Waals surface area contributed by atoms with Gasteiger partial charge in [0.2, 0.25) is 5.91 Å². The maximum Gasteiger partial charge on any atom is 0.304 e. The molecule has 18 heavy (non-hydrogen) atoms. The Morgan fingerprint density at radius 2 is 1.72 bits per heavy atom. The fraction of sp³-hybridized carbons (Fsp3) is 0.429. The molecule has 1 rings (SSSR count). The van der Waals surface area contributed by atoms with Crippen molar-refractivity contribution in [2.45, 2.75) is 33.1 Å². The number of hydrogen-bond acceptors (Lipinski definition) is 2. The quantitative estimate of drug-likeness (QED) is 0.843. The van der Waals surface area contributed by atoms with Gasteiger partial charge in [0.25, 0.3) is 0 Å². The first kappa shape index (κ1) is 14.2. The molecular weight excluding hydrogens is 230 g/mol. The summed E-state index contributed by atoms with van der Waals surface area (Å²) in [5, 5.41) is 11.3. The van der Waals surface area contributed by atoms with Gasteiger partial charge in [-0.15, -0.1) is 0 Å². The van der Waals surface area contributed by atoms with Crippen molar-refractivity contribution in [3.63, 3.8) is 0 Å². The second-order valence-corrected chi connectivity index (χ2v) is 4.76. The van der Waals surface area contributed by atoms with Crippen LogP contribution >= 0.6 is 0 Å². The van der Waals surface area contributed by atoms with E-state index in [1.807, 2.05) is 24.3 Å². The van der Waals surface area contributed by atoms with Crippen LogP contribution in [0.2, 0.25) is 0 Å². The number of rotatable bonds is 5. The summed E-state index contributed by atoms with van der Waals surface area (Å²) >= 11 is 0. The molecule has 0 aliphatic rings. The normalized spacial score (nSPS) is 12.2. The zero-order chi connectivity index (χ0) is 13.7. The minimum Gasteiger partial charge on any atom is -0.481 e. The summed E-state index contributed by atoms with van der Waals surface area (Å²) in [6.45, 7) is 5.80. The number of carboxylic acid groups (broad SMARTS) is 1. The number of amides is 1. The van der Waals surface area contributed by atoms with Crippen LogP contribution in [0.15, 0.2) is 24.3 Å². The molecule has 1 unspecified atom stereocenters. The van der Waals surface area contributed by atoms with Gasteiger partial charge in [-0.05, 0) is 23.6 Å². The molecule has 0 radical (unpaired) electrons. The molecule has 0 aliphatic heterocycles. The van der Waals surface area contributed by atoms with Crippen LogP contribution in [0.4, 0.5) is 5.69 Å². The Kier molecular flexibility index (Phi) is 4.89. The highest BCUT2D eigenvalue weighted by Crippen LogP contribution is 2.17. The van der Waals surface area contributed by atoms with Crippen LogP contribution < -0.4 is 5.32 Å². The third-order valence-electron chi connectivity index (χ3n) is 2.77. The molecule has 1 amide bonds. The van der Waals surface area contributed by atoms with E-state index in [4.69, 9.17) is 5.11 Å². The number of aliphatic carboxylic acids is 1. The van der Waals surface area contributed by atoms with Crippen molar-refractivity contribution >= 4 is 17.6 Å².